The molecule has 0 saturated carbocycles. The molecule has 1 aliphatic rings. The average molecular weight is 653 g/mol. The van der Waals surface area contributed by atoms with Gasteiger partial charge in [-0.25, -0.2) is 9.98 Å². The van der Waals surface area contributed by atoms with Crippen molar-refractivity contribution in [2.45, 2.75) is 130 Å². The van der Waals surface area contributed by atoms with E-state index in [1.54, 1.807) is 6.20 Å². The molecule has 3 rings (SSSR count). The van der Waals surface area contributed by atoms with Crippen molar-refractivity contribution in [3.63, 3.8) is 0 Å². The number of carbonyl (C=O) groups excluding carboxylic acids is 3. The fraction of sp³-hybridized carbons (Fsp3) is 0.615. The fourth-order valence-electron chi connectivity index (χ4n) is 3.75. The van der Waals surface area contributed by atoms with Crippen LogP contribution in [0.25, 0.3) is 0 Å². The molecule has 1 aromatic heterocycles. The Hall–Kier alpha value is -3.55. The quantitative estimate of drug-likeness (QED) is 0.313. The predicted octanol–water partition coefficient (Wildman–Crippen LogP) is 9.63. The van der Waals surface area contributed by atoms with E-state index in [1.807, 2.05) is 91.8 Å². The molecule has 0 aliphatic carbocycles. The van der Waals surface area contributed by atoms with Crippen LogP contribution in [0.3, 0.4) is 0 Å². The number of aromatic nitrogens is 1. The van der Waals surface area contributed by atoms with Crippen LogP contribution in [-0.4, -0.2) is 35.2 Å². The molecule has 0 bridgehead atoms. The fourth-order valence-corrected chi connectivity index (χ4v) is 3.75. The second-order valence-electron chi connectivity index (χ2n) is 17.2. The Morgan fingerprint density at radius 1 is 0.723 bits per heavy atom. The minimum absolute atomic E-state index is 0.00871. The van der Waals surface area contributed by atoms with E-state index in [2.05, 4.69) is 69.1 Å². The number of benzene rings is 1. The summed E-state index contributed by atoms with van der Waals surface area (Å²) in [4.78, 5) is 42.7. The molecule has 1 aliphatic heterocycles. The van der Waals surface area contributed by atoms with Gasteiger partial charge < -0.3 is 15.4 Å². The Bertz CT molecular complexity index is 1280. The number of rotatable bonds is 5. The van der Waals surface area contributed by atoms with Crippen LogP contribution in [0.1, 0.15) is 127 Å². The van der Waals surface area contributed by atoms with Gasteiger partial charge in [-0.1, -0.05) is 114 Å². The zero-order valence-electron chi connectivity index (χ0n) is 32.1. The van der Waals surface area contributed by atoms with Crippen molar-refractivity contribution in [3.8, 4) is 0 Å². The molecule has 2 amide bonds. The molecule has 2 heterocycles. The number of para-hydroxylation sites is 1. The number of hydrogen-bond donors (Lipinski definition) is 2. The smallest absolute Gasteiger partial charge is 0.306 e. The summed E-state index contributed by atoms with van der Waals surface area (Å²) < 4.78 is 4.78. The van der Waals surface area contributed by atoms with Gasteiger partial charge in [-0.2, -0.15) is 0 Å². The van der Waals surface area contributed by atoms with E-state index in [0.717, 1.165) is 23.5 Å². The first-order valence-electron chi connectivity index (χ1n) is 16.6. The van der Waals surface area contributed by atoms with Crippen molar-refractivity contribution in [3.05, 3.63) is 53.7 Å². The number of hydrogen-bond acceptors (Lipinski definition) is 6. The number of anilines is 1. The molecule has 1 aromatic carbocycles. The third-order valence-electron chi connectivity index (χ3n) is 5.43. The van der Waals surface area contributed by atoms with Crippen LogP contribution in [0.2, 0.25) is 0 Å². The van der Waals surface area contributed by atoms with Gasteiger partial charge in [-0.3, -0.25) is 14.4 Å². The first-order chi connectivity index (χ1) is 21.3. The van der Waals surface area contributed by atoms with Crippen LogP contribution in [0, 0.1) is 28.6 Å². The van der Waals surface area contributed by atoms with Gasteiger partial charge in [0.25, 0.3) is 0 Å². The number of amidine groups is 1. The van der Waals surface area contributed by atoms with Gasteiger partial charge >= 0.3 is 5.97 Å². The Labute approximate surface area is 286 Å². The van der Waals surface area contributed by atoms with Gasteiger partial charge in [-0.05, 0) is 58.8 Å². The first kappa shape index (κ1) is 43.5. The van der Waals surface area contributed by atoms with Crippen molar-refractivity contribution in [2.24, 2.45) is 26.7 Å². The van der Waals surface area contributed by atoms with Crippen molar-refractivity contribution < 1.29 is 19.1 Å². The third-order valence-corrected chi connectivity index (χ3v) is 5.43. The summed E-state index contributed by atoms with van der Waals surface area (Å²) in [6, 6.07) is 11.7. The number of aliphatic imine (C=N–C) groups is 1. The summed E-state index contributed by atoms with van der Waals surface area (Å²) in [6.07, 6.45) is 3.99. The Morgan fingerprint density at radius 3 is 1.64 bits per heavy atom. The predicted molar refractivity (Wildman–Crippen MR) is 197 cm³/mol. The largest absolute Gasteiger partial charge is 0.466 e. The van der Waals surface area contributed by atoms with Gasteiger partial charge in [0.05, 0.1) is 18.7 Å². The Balaban J connectivity index is 0.000000647. The van der Waals surface area contributed by atoms with Gasteiger partial charge in [0.1, 0.15) is 11.7 Å². The van der Waals surface area contributed by atoms with Crippen molar-refractivity contribution in [1.82, 2.24) is 10.3 Å². The number of ether oxygens (including phenoxy) is 1. The number of aryl methyl sites for hydroxylation is 1. The maximum Gasteiger partial charge on any atom is 0.306 e. The van der Waals surface area contributed by atoms with Crippen LogP contribution in [0.5, 0.6) is 0 Å². The van der Waals surface area contributed by atoms with E-state index in [-0.39, 0.29) is 34.0 Å². The van der Waals surface area contributed by atoms with Crippen LogP contribution < -0.4 is 10.6 Å². The van der Waals surface area contributed by atoms with Crippen LogP contribution >= 0.6 is 0 Å². The zero-order valence-corrected chi connectivity index (χ0v) is 32.1. The van der Waals surface area contributed by atoms with E-state index in [0.29, 0.717) is 37.1 Å². The Morgan fingerprint density at radius 2 is 1.21 bits per heavy atom. The number of fused-ring (bicyclic) bond motifs is 1. The van der Waals surface area contributed by atoms with Crippen molar-refractivity contribution in [2.75, 3.05) is 11.9 Å². The Kier molecular flexibility index (Phi) is 17.9. The molecule has 0 radical (unpaired) electrons. The number of carbonyl (C=O) groups is 3. The topological polar surface area (TPSA) is 110 Å². The molecule has 47 heavy (non-hydrogen) atoms. The van der Waals surface area contributed by atoms with E-state index < -0.39 is 0 Å². The van der Waals surface area contributed by atoms with E-state index >= 15 is 0 Å². The number of amides is 2. The maximum atomic E-state index is 11.8. The summed E-state index contributed by atoms with van der Waals surface area (Å²) in [5, 5.41) is 5.67. The summed E-state index contributed by atoms with van der Waals surface area (Å²) in [5.74, 6) is 1.34. The van der Waals surface area contributed by atoms with Crippen LogP contribution in [0.4, 0.5) is 11.5 Å². The van der Waals surface area contributed by atoms with E-state index in [1.165, 1.54) is 5.56 Å². The van der Waals surface area contributed by atoms with Crippen molar-refractivity contribution in [1.29, 1.82) is 0 Å². The second-order valence-corrected chi connectivity index (χ2v) is 17.2. The van der Waals surface area contributed by atoms with E-state index in [4.69, 9.17) is 4.74 Å². The lowest BCUT2D eigenvalue weighted by Crippen LogP contribution is -2.33. The highest BCUT2D eigenvalue weighted by molar-refractivity contribution is 6.02. The lowest BCUT2D eigenvalue weighted by Gasteiger charge is -2.17. The number of nitrogens with zero attached hydrogens (tertiary/aromatic N) is 2. The monoisotopic (exact) mass is 652 g/mol. The molecular weight excluding hydrogens is 588 g/mol. The molecule has 2 aromatic rings. The summed E-state index contributed by atoms with van der Waals surface area (Å²) in [6.45, 7) is 31.3. The molecule has 8 nitrogen and oxygen atoms in total. The molecule has 264 valence electrons. The number of nitrogens with one attached hydrogen (secondary N) is 2. The van der Waals surface area contributed by atoms with Crippen LogP contribution in [-0.2, 0) is 25.5 Å². The number of esters is 1. The zero-order chi connectivity index (χ0) is 36.6. The first-order valence-corrected chi connectivity index (χ1v) is 16.6. The highest BCUT2D eigenvalue weighted by Gasteiger charge is 2.20. The molecule has 0 saturated heterocycles. The average Bonchev–Trinajstić information content (AvgIpc) is 3.24. The van der Waals surface area contributed by atoms with Gasteiger partial charge in [0.2, 0.25) is 11.8 Å². The van der Waals surface area contributed by atoms with E-state index in [9.17, 15) is 14.4 Å². The van der Waals surface area contributed by atoms with Gasteiger partial charge in [0.15, 0.2) is 0 Å². The lowest BCUT2D eigenvalue weighted by atomic mass is 9.92. The maximum absolute atomic E-state index is 11.8. The number of pyridine rings is 1. The highest BCUT2D eigenvalue weighted by atomic mass is 16.5. The lowest BCUT2D eigenvalue weighted by molar-refractivity contribution is -0.145. The minimum Gasteiger partial charge on any atom is -0.466 e. The van der Waals surface area contributed by atoms with Gasteiger partial charge in [0, 0.05) is 25.5 Å². The summed E-state index contributed by atoms with van der Waals surface area (Å²) >= 11 is 0. The van der Waals surface area contributed by atoms with Crippen LogP contribution in [0.15, 0.2) is 47.6 Å². The molecular formula is C39H64N4O4. The molecule has 0 fully saturated rings. The standard InChI is InChI=1S/C14H18N2O.C12H18N2O.C8H16O2.C5H12/c1-14(2,3)9-13(17)16-12-8-10-6-4-5-7-11(10)15-12;1-9-5-6-10(13-8-9)14-11(15)7-12(2,3)4;1-5-10-7(9)6-8(2,3)4;1-5(2,3)4/h4-7H,8-9H2,1-3H3,(H,15,16,17);5-6,8H,7H2,1-4H3,(H,13,14,15);5-6H2,1-4H3;1-4H3. The highest BCUT2D eigenvalue weighted by Crippen LogP contribution is 2.25. The molecule has 0 spiro atoms. The SMILES string of the molecule is CC(C)(C)C.CC(C)(C)CC(=O)NC1=Nc2ccccc2C1.CCOC(=O)CC(C)(C)C.Cc1ccc(NC(=O)CC(C)(C)C)nc1. The molecule has 0 atom stereocenters. The van der Waals surface area contributed by atoms with Crippen molar-refractivity contribution >= 4 is 35.1 Å². The normalized spacial score (nSPS) is 12.4. The van der Waals surface area contributed by atoms with Gasteiger partial charge in [-0.15, -0.1) is 0 Å². The second kappa shape index (κ2) is 19.3. The minimum atomic E-state index is -0.102. The molecule has 8 heteroatoms. The molecule has 0 unspecified atom stereocenters. The summed E-state index contributed by atoms with van der Waals surface area (Å²) in [7, 11) is 0. The third kappa shape index (κ3) is 26.2. The summed E-state index contributed by atoms with van der Waals surface area (Å²) in [5.41, 5.74) is 3.80. The molecule has 2 N–H and O–H groups in total.